The third kappa shape index (κ3) is 3.57. The van der Waals surface area contributed by atoms with Crippen molar-refractivity contribution in [3.8, 4) is 5.69 Å². The van der Waals surface area contributed by atoms with Gasteiger partial charge in [-0.1, -0.05) is 18.2 Å². The molecular weight excluding hydrogens is 362 g/mol. The molecule has 2 heterocycles. The van der Waals surface area contributed by atoms with Crippen LogP contribution in [0.5, 0.6) is 0 Å². The quantitative estimate of drug-likeness (QED) is 0.749. The van der Waals surface area contributed by atoms with E-state index in [1.54, 1.807) is 9.58 Å². The molecular formula is C17H18ClN3O3S. The minimum atomic E-state index is -3.63. The number of hydrogen-bond donors (Lipinski definition) is 0. The second-order valence-corrected chi connectivity index (χ2v) is 9.55. The second kappa shape index (κ2) is 6.14. The van der Waals surface area contributed by atoms with Crippen molar-refractivity contribution in [2.45, 2.75) is 25.2 Å². The van der Waals surface area contributed by atoms with Crippen molar-refractivity contribution in [3.63, 3.8) is 0 Å². The van der Waals surface area contributed by atoms with Crippen LogP contribution in [0, 0.1) is 5.92 Å². The van der Waals surface area contributed by atoms with Gasteiger partial charge in [-0.25, -0.2) is 13.1 Å². The van der Waals surface area contributed by atoms with E-state index in [1.165, 1.54) is 0 Å². The Hall–Kier alpha value is -1.86. The summed E-state index contributed by atoms with van der Waals surface area (Å²) in [7, 11) is 1.73. The van der Waals surface area contributed by atoms with Crippen molar-refractivity contribution >= 4 is 31.5 Å². The Balaban J connectivity index is 1.68. The van der Waals surface area contributed by atoms with Gasteiger partial charge in [-0.3, -0.25) is 9.69 Å². The van der Waals surface area contributed by atoms with E-state index in [2.05, 4.69) is 0 Å². The Bertz CT molecular complexity index is 906. The van der Waals surface area contributed by atoms with Crippen LogP contribution in [0.15, 0.2) is 36.4 Å². The molecule has 1 amide bonds. The first-order valence-corrected chi connectivity index (χ1v) is 10.8. The van der Waals surface area contributed by atoms with E-state index in [0.717, 1.165) is 24.2 Å². The van der Waals surface area contributed by atoms with Crippen LogP contribution in [-0.4, -0.2) is 36.4 Å². The molecule has 1 saturated heterocycles. The summed E-state index contributed by atoms with van der Waals surface area (Å²) in [6, 6.07) is 11.6. The molecule has 0 N–H and O–H groups in total. The van der Waals surface area contributed by atoms with E-state index in [0.29, 0.717) is 18.3 Å². The maximum Gasteiger partial charge on any atom is 0.232 e. The highest BCUT2D eigenvalue weighted by Crippen LogP contribution is 2.41. The second-order valence-electron chi connectivity index (χ2n) is 6.73. The van der Waals surface area contributed by atoms with Crippen molar-refractivity contribution in [3.05, 3.63) is 42.1 Å². The molecule has 6 nitrogen and oxygen atoms in total. The number of halogens is 1. The Morgan fingerprint density at radius 2 is 1.92 bits per heavy atom. The number of nitrogens with zero attached hydrogens (tertiary/aromatic N) is 3. The molecule has 1 saturated carbocycles. The number of hydrogen-bond acceptors (Lipinski definition) is 4. The summed E-state index contributed by atoms with van der Waals surface area (Å²) in [5, 5.41) is 4.70. The summed E-state index contributed by atoms with van der Waals surface area (Å²) in [6.07, 6.45) is 2.42. The molecule has 25 heavy (non-hydrogen) atoms. The number of para-hydroxylation sites is 1. The van der Waals surface area contributed by atoms with Gasteiger partial charge in [-0.15, -0.1) is 0 Å². The third-order valence-electron chi connectivity index (χ3n) is 4.62. The molecule has 132 valence electrons. The number of carbonyl (C=O) groups excluding carboxylic acids is 1. The monoisotopic (exact) mass is 379 g/mol. The topological polar surface area (TPSA) is 72.3 Å². The van der Waals surface area contributed by atoms with Crippen LogP contribution in [0.4, 0.5) is 5.82 Å². The lowest BCUT2D eigenvalue weighted by Gasteiger charge is -2.18. The summed E-state index contributed by atoms with van der Waals surface area (Å²) in [5.74, 6) is 0.586. The van der Waals surface area contributed by atoms with Crippen LogP contribution in [-0.2, 0) is 13.8 Å². The molecule has 1 aromatic carbocycles. The predicted molar refractivity (Wildman–Crippen MR) is 95.6 cm³/mol. The number of carbonyl (C=O) groups is 1. The summed E-state index contributed by atoms with van der Waals surface area (Å²) < 4.78 is 24.5. The highest BCUT2D eigenvalue weighted by atomic mass is 35.7. The van der Waals surface area contributed by atoms with Crippen LogP contribution in [0.3, 0.4) is 0 Å². The van der Waals surface area contributed by atoms with Gasteiger partial charge in [0, 0.05) is 41.6 Å². The summed E-state index contributed by atoms with van der Waals surface area (Å²) >= 11 is 0. The molecule has 0 bridgehead atoms. The zero-order valence-electron chi connectivity index (χ0n) is 13.5. The highest BCUT2D eigenvalue weighted by molar-refractivity contribution is 8.13. The highest BCUT2D eigenvalue weighted by Gasteiger charge is 2.36. The molecule has 4 rings (SSSR count). The van der Waals surface area contributed by atoms with Crippen LogP contribution >= 0.6 is 10.7 Å². The van der Waals surface area contributed by atoms with E-state index >= 15 is 0 Å². The summed E-state index contributed by atoms with van der Waals surface area (Å²) in [5.41, 5.74) is 1.87. The molecule has 1 unspecified atom stereocenters. The van der Waals surface area contributed by atoms with Gasteiger partial charge < -0.3 is 0 Å². The number of anilines is 1. The normalized spacial score (nSPS) is 21.1. The fourth-order valence-electron chi connectivity index (χ4n) is 3.32. The van der Waals surface area contributed by atoms with Crippen LogP contribution in [0.25, 0.3) is 5.69 Å². The van der Waals surface area contributed by atoms with Gasteiger partial charge in [0.05, 0.1) is 17.1 Å². The maximum atomic E-state index is 12.5. The average molecular weight is 380 g/mol. The lowest BCUT2D eigenvalue weighted by atomic mass is 10.1. The van der Waals surface area contributed by atoms with E-state index < -0.39 is 9.05 Å². The molecule has 2 fully saturated rings. The SMILES string of the molecule is O=C1CC(CS(=O)(=O)Cl)CN1c1cc(C2CC2)nn1-c1ccccc1. The van der Waals surface area contributed by atoms with Gasteiger partial charge in [-0.2, -0.15) is 5.10 Å². The van der Waals surface area contributed by atoms with Gasteiger partial charge in [-0.05, 0) is 25.0 Å². The molecule has 1 aromatic heterocycles. The van der Waals surface area contributed by atoms with Crippen molar-refractivity contribution in [2.75, 3.05) is 17.2 Å². The van der Waals surface area contributed by atoms with E-state index in [1.807, 2.05) is 36.4 Å². The lowest BCUT2D eigenvalue weighted by molar-refractivity contribution is -0.117. The van der Waals surface area contributed by atoms with Crippen molar-refractivity contribution in [2.24, 2.45) is 5.92 Å². The van der Waals surface area contributed by atoms with Crippen molar-refractivity contribution in [1.82, 2.24) is 9.78 Å². The van der Waals surface area contributed by atoms with Gasteiger partial charge in [0.1, 0.15) is 5.82 Å². The number of rotatable bonds is 5. The van der Waals surface area contributed by atoms with Crippen molar-refractivity contribution < 1.29 is 13.2 Å². The lowest BCUT2D eigenvalue weighted by Crippen LogP contribution is -2.27. The van der Waals surface area contributed by atoms with E-state index in [9.17, 15) is 13.2 Å². The maximum absolute atomic E-state index is 12.5. The Morgan fingerprint density at radius 1 is 1.20 bits per heavy atom. The van der Waals surface area contributed by atoms with Gasteiger partial charge in [0.25, 0.3) is 0 Å². The Morgan fingerprint density at radius 3 is 2.56 bits per heavy atom. The first kappa shape index (κ1) is 16.6. The van der Waals surface area contributed by atoms with E-state index in [4.69, 9.17) is 15.8 Å². The number of aromatic nitrogens is 2. The Kier molecular flexibility index (Phi) is 4.08. The molecule has 8 heteroatoms. The standard InChI is InChI=1S/C17H18ClN3O3S/c18-25(23,24)11-12-8-17(22)20(10-12)16-9-15(13-6-7-13)19-21(16)14-4-2-1-3-5-14/h1-5,9,12-13H,6-8,10-11H2. The minimum Gasteiger partial charge on any atom is -0.296 e. The first-order valence-electron chi connectivity index (χ1n) is 8.29. The van der Waals surface area contributed by atoms with Crippen LogP contribution in [0.1, 0.15) is 30.9 Å². The fraction of sp³-hybridized carbons (Fsp3) is 0.412. The molecule has 0 spiro atoms. The predicted octanol–water partition coefficient (Wildman–Crippen LogP) is 2.67. The van der Waals surface area contributed by atoms with Gasteiger partial charge in [0.2, 0.25) is 15.0 Å². The average Bonchev–Trinajstić information content (AvgIpc) is 3.21. The summed E-state index contributed by atoms with van der Waals surface area (Å²) in [4.78, 5) is 14.1. The molecule has 0 radical (unpaired) electrons. The van der Waals surface area contributed by atoms with Gasteiger partial charge in [0.15, 0.2) is 0 Å². The molecule has 2 aromatic rings. The molecule has 1 aliphatic heterocycles. The smallest absolute Gasteiger partial charge is 0.232 e. The zero-order valence-corrected chi connectivity index (χ0v) is 15.1. The van der Waals surface area contributed by atoms with Gasteiger partial charge >= 0.3 is 0 Å². The molecule has 2 aliphatic rings. The molecule has 1 atom stereocenters. The Labute approximate surface area is 150 Å². The number of benzene rings is 1. The minimum absolute atomic E-state index is 0.0928. The fourth-order valence-corrected chi connectivity index (χ4v) is 4.64. The summed E-state index contributed by atoms with van der Waals surface area (Å²) in [6.45, 7) is 0.341. The first-order chi connectivity index (χ1) is 11.9. The number of amides is 1. The van der Waals surface area contributed by atoms with Crippen LogP contribution < -0.4 is 4.90 Å². The van der Waals surface area contributed by atoms with Crippen LogP contribution in [0.2, 0.25) is 0 Å². The van der Waals surface area contributed by atoms with E-state index in [-0.39, 0.29) is 24.0 Å². The third-order valence-corrected chi connectivity index (χ3v) is 5.87. The largest absolute Gasteiger partial charge is 0.296 e. The van der Waals surface area contributed by atoms with Crippen molar-refractivity contribution in [1.29, 1.82) is 0 Å². The molecule has 1 aliphatic carbocycles. The zero-order chi connectivity index (χ0) is 17.6.